The zero-order valence-electron chi connectivity index (χ0n) is 21.2. The molecule has 1 aliphatic carbocycles. The average Bonchev–Trinajstić information content (AvgIpc) is 2.89. The molecule has 1 aliphatic rings. The molecular weight excluding hydrogens is 558 g/mol. The third kappa shape index (κ3) is 8.59. The molecule has 3 N–H and O–H groups in total. The Hall–Kier alpha value is -3.31. The largest absolute Gasteiger partial charge is 0.490 e. The number of hydrogen-bond donors (Lipinski definition) is 3. The molecule has 39 heavy (non-hydrogen) atoms. The Morgan fingerprint density at radius 2 is 1.67 bits per heavy atom. The number of anilines is 2. The Labute approximate surface area is 233 Å². The number of carboxylic acid groups (broad SMARTS) is 1. The molecule has 3 aromatic rings. The van der Waals surface area contributed by atoms with E-state index in [2.05, 4.69) is 10.6 Å². The molecule has 0 atom stereocenters. The van der Waals surface area contributed by atoms with Crippen molar-refractivity contribution in [3.05, 3.63) is 58.1 Å². The number of benzene rings is 2. The van der Waals surface area contributed by atoms with Gasteiger partial charge in [-0.2, -0.15) is 18.2 Å². The molecule has 0 saturated heterocycles. The Morgan fingerprint density at radius 1 is 1.03 bits per heavy atom. The summed E-state index contributed by atoms with van der Waals surface area (Å²) in [5, 5.41) is 15.6. The first-order chi connectivity index (χ1) is 18.3. The molecule has 1 aromatic heterocycles. The van der Waals surface area contributed by atoms with Crippen LogP contribution >= 0.6 is 23.2 Å². The molecule has 0 unspecified atom stereocenters. The fourth-order valence-corrected chi connectivity index (χ4v) is 4.43. The minimum Gasteiger partial charge on any atom is -0.475 e. The second kappa shape index (κ2) is 13.2. The summed E-state index contributed by atoms with van der Waals surface area (Å²) < 4.78 is 31.7. The number of hydrogen-bond acceptors (Lipinski definition) is 6. The van der Waals surface area contributed by atoms with Crippen LogP contribution in [0.25, 0.3) is 10.9 Å². The Balaban J connectivity index is 0.000000532. The van der Waals surface area contributed by atoms with Gasteiger partial charge in [-0.1, -0.05) is 35.3 Å². The molecule has 0 bridgehead atoms. The number of carbonyl (C=O) groups is 2. The maximum atomic E-state index is 12.4. The first-order valence-corrected chi connectivity index (χ1v) is 12.8. The molecule has 0 radical (unpaired) electrons. The number of aliphatic carboxylic acids is 1. The predicted molar refractivity (Wildman–Crippen MR) is 146 cm³/mol. The number of nitrogens with one attached hydrogen (secondary N) is 2. The summed E-state index contributed by atoms with van der Waals surface area (Å²) >= 11 is 11.9. The van der Waals surface area contributed by atoms with E-state index < -0.39 is 12.1 Å². The van der Waals surface area contributed by atoms with Crippen LogP contribution in [0.4, 0.5) is 24.9 Å². The monoisotopic (exact) mass is 585 g/mol. The number of amides is 1. The van der Waals surface area contributed by atoms with Gasteiger partial charge in [0.05, 0.1) is 15.6 Å². The maximum absolute atomic E-state index is 12.4. The summed E-state index contributed by atoms with van der Waals surface area (Å²) in [6, 6.07) is 13.3. The normalized spacial score (nSPS) is 17.1. The highest BCUT2D eigenvalue weighted by Gasteiger charge is 2.38. The molecule has 210 valence electrons. The topological polar surface area (TPSA) is 107 Å². The van der Waals surface area contributed by atoms with Crippen LogP contribution < -0.4 is 15.5 Å². The fraction of sp³-hybridized carbons (Fsp3) is 0.385. The maximum Gasteiger partial charge on any atom is 0.490 e. The minimum absolute atomic E-state index is 0.121. The highest BCUT2D eigenvalue weighted by molar-refractivity contribution is 6.42. The molecule has 0 spiro atoms. The molecule has 0 aliphatic heterocycles. The van der Waals surface area contributed by atoms with Gasteiger partial charge in [0.2, 0.25) is 5.95 Å². The summed E-state index contributed by atoms with van der Waals surface area (Å²) in [5.41, 5.74) is 1.47. The highest BCUT2D eigenvalue weighted by Crippen LogP contribution is 2.28. The van der Waals surface area contributed by atoms with Gasteiger partial charge in [0.1, 0.15) is 5.82 Å². The lowest BCUT2D eigenvalue weighted by Gasteiger charge is -2.29. The van der Waals surface area contributed by atoms with Gasteiger partial charge >= 0.3 is 12.1 Å². The molecule has 1 saturated carbocycles. The van der Waals surface area contributed by atoms with Gasteiger partial charge in [0.15, 0.2) is 0 Å². The lowest BCUT2D eigenvalue weighted by atomic mass is 9.86. The smallest absolute Gasteiger partial charge is 0.475 e. The number of fused-ring (bicyclic) bond motifs is 1. The molecule has 13 heteroatoms. The number of para-hydroxylation sites is 1. The third-order valence-corrected chi connectivity index (χ3v) is 6.90. The van der Waals surface area contributed by atoms with E-state index >= 15 is 0 Å². The van der Waals surface area contributed by atoms with Gasteiger partial charge in [-0.05, 0) is 61.9 Å². The van der Waals surface area contributed by atoms with Crippen LogP contribution in [0.15, 0.2) is 42.5 Å². The first kappa shape index (κ1) is 30.2. The Kier molecular flexibility index (Phi) is 10.2. The van der Waals surface area contributed by atoms with Crippen molar-refractivity contribution in [2.24, 2.45) is 5.92 Å². The van der Waals surface area contributed by atoms with Gasteiger partial charge in [0, 0.05) is 37.6 Å². The van der Waals surface area contributed by atoms with Gasteiger partial charge in [-0.15, -0.1) is 0 Å². The van der Waals surface area contributed by atoms with E-state index in [1.165, 1.54) is 0 Å². The summed E-state index contributed by atoms with van der Waals surface area (Å²) in [6.07, 6.45) is -0.984. The van der Waals surface area contributed by atoms with E-state index in [1.807, 2.05) is 43.3 Å². The van der Waals surface area contributed by atoms with Gasteiger partial charge < -0.3 is 20.6 Å². The van der Waals surface area contributed by atoms with Gasteiger partial charge in [-0.25, -0.2) is 9.78 Å². The highest BCUT2D eigenvalue weighted by atomic mass is 35.5. The number of alkyl halides is 3. The quantitative estimate of drug-likeness (QED) is 0.324. The molecular formula is C26H28Cl2F3N5O3. The molecule has 4 rings (SSSR count). The van der Waals surface area contributed by atoms with Gasteiger partial charge in [-0.3, -0.25) is 4.79 Å². The summed E-state index contributed by atoms with van der Waals surface area (Å²) in [4.78, 5) is 32.8. The van der Waals surface area contributed by atoms with Crippen LogP contribution in [0, 0.1) is 5.92 Å². The van der Waals surface area contributed by atoms with Crippen molar-refractivity contribution in [2.45, 2.75) is 37.9 Å². The number of carbonyl (C=O) groups excluding carboxylic acids is 1. The van der Waals surface area contributed by atoms with Crippen molar-refractivity contribution in [1.82, 2.24) is 15.3 Å². The number of nitrogens with zero attached hydrogens (tertiary/aromatic N) is 3. The summed E-state index contributed by atoms with van der Waals surface area (Å²) in [6.45, 7) is 0.656. The van der Waals surface area contributed by atoms with E-state index in [9.17, 15) is 18.0 Å². The van der Waals surface area contributed by atoms with Crippen LogP contribution in [0.2, 0.25) is 10.0 Å². The van der Waals surface area contributed by atoms with Crippen molar-refractivity contribution in [2.75, 3.05) is 30.9 Å². The van der Waals surface area contributed by atoms with Crippen LogP contribution in [-0.2, 0) is 4.79 Å². The summed E-state index contributed by atoms with van der Waals surface area (Å²) in [7, 11) is 3.99. The van der Waals surface area contributed by atoms with E-state index in [0.29, 0.717) is 40.1 Å². The molecule has 1 fully saturated rings. The van der Waals surface area contributed by atoms with E-state index in [4.69, 9.17) is 43.1 Å². The fourth-order valence-electron chi connectivity index (χ4n) is 4.14. The lowest BCUT2D eigenvalue weighted by Crippen LogP contribution is -2.34. The Morgan fingerprint density at radius 3 is 2.26 bits per heavy atom. The van der Waals surface area contributed by atoms with Crippen molar-refractivity contribution in [3.8, 4) is 0 Å². The molecule has 2 aromatic carbocycles. The Bertz CT molecular complexity index is 1320. The van der Waals surface area contributed by atoms with Gasteiger partial charge in [0.25, 0.3) is 5.91 Å². The second-order valence-electron chi connectivity index (χ2n) is 9.29. The standard InChI is InChI=1S/C24H27Cl2N5O.C2HF3O2/c1-31(2)22-18-5-3-4-6-21(18)29-24(30-22)28-17-10-7-15(8-11-17)14-27-23(32)16-9-12-19(25)20(26)13-16;3-2(4,5)1(6)7/h3-6,9,12-13,15,17H,7-8,10-11,14H2,1-2H3,(H,27,32)(H,28,29,30);(H,6,7). The van der Waals surface area contributed by atoms with Crippen LogP contribution in [0.5, 0.6) is 0 Å². The van der Waals surface area contributed by atoms with E-state index in [1.54, 1.807) is 18.2 Å². The van der Waals surface area contributed by atoms with Crippen molar-refractivity contribution in [3.63, 3.8) is 0 Å². The van der Waals surface area contributed by atoms with Crippen LogP contribution in [0.1, 0.15) is 36.0 Å². The number of halogens is 5. The second-order valence-corrected chi connectivity index (χ2v) is 10.1. The molecule has 1 amide bonds. The first-order valence-electron chi connectivity index (χ1n) is 12.1. The van der Waals surface area contributed by atoms with Crippen molar-refractivity contribution in [1.29, 1.82) is 0 Å². The molecule has 1 heterocycles. The zero-order chi connectivity index (χ0) is 28.7. The lowest BCUT2D eigenvalue weighted by molar-refractivity contribution is -0.192. The SMILES string of the molecule is CN(C)c1nc(NC2CCC(CNC(=O)c3ccc(Cl)c(Cl)c3)CC2)nc2ccccc12.O=C(O)C(F)(F)F. The average molecular weight is 586 g/mol. The number of aromatic nitrogens is 2. The summed E-state index contributed by atoms with van der Waals surface area (Å²) in [5.74, 6) is -0.840. The number of rotatable bonds is 6. The van der Waals surface area contributed by atoms with E-state index in [-0.39, 0.29) is 5.91 Å². The van der Waals surface area contributed by atoms with Crippen molar-refractivity contribution < 1.29 is 27.9 Å². The minimum atomic E-state index is -5.08. The van der Waals surface area contributed by atoms with E-state index in [0.717, 1.165) is 42.4 Å². The molecule has 8 nitrogen and oxygen atoms in total. The number of carboxylic acids is 1. The van der Waals surface area contributed by atoms with Crippen LogP contribution in [-0.4, -0.2) is 59.8 Å². The third-order valence-electron chi connectivity index (χ3n) is 6.16. The van der Waals surface area contributed by atoms with Crippen molar-refractivity contribution >= 4 is 57.7 Å². The van der Waals surface area contributed by atoms with Crippen LogP contribution in [0.3, 0.4) is 0 Å². The predicted octanol–water partition coefficient (Wildman–Crippen LogP) is 6.04. The zero-order valence-corrected chi connectivity index (χ0v) is 22.7.